The maximum absolute atomic E-state index is 6.14. The Morgan fingerprint density at radius 2 is 0.943 bits per heavy atom. The average Bonchev–Trinajstić information content (AvgIpc) is 3.81. The molecule has 2 aromatic heterocycles. The van der Waals surface area contributed by atoms with Crippen LogP contribution in [0.15, 0.2) is 168 Å². The van der Waals surface area contributed by atoms with E-state index in [2.05, 4.69) is 170 Å². The fourth-order valence-electron chi connectivity index (χ4n) is 9.59. The van der Waals surface area contributed by atoms with Crippen LogP contribution in [0.25, 0.3) is 104 Å². The summed E-state index contributed by atoms with van der Waals surface area (Å²) in [6, 6.07) is 60.6. The monoisotopic (exact) mass is 675 g/mol. The van der Waals surface area contributed by atoms with E-state index in [1.807, 2.05) is 12.1 Å². The molecular formula is C51H33NO. The van der Waals surface area contributed by atoms with Crippen LogP contribution >= 0.6 is 0 Å². The van der Waals surface area contributed by atoms with Gasteiger partial charge in [-0.2, -0.15) is 0 Å². The smallest absolute Gasteiger partial charge is 0.135 e. The first-order chi connectivity index (χ1) is 26.0. The van der Waals surface area contributed by atoms with Gasteiger partial charge in [-0.25, -0.2) is 0 Å². The Morgan fingerprint density at radius 3 is 1.70 bits per heavy atom. The van der Waals surface area contributed by atoms with Crippen molar-refractivity contribution in [3.8, 4) is 27.9 Å². The van der Waals surface area contributed by atoms with Crippen molar-refractivity contribution in [3.05, 3.63) is 175 Å². The molecule has 0 saturated carbocycles. The van der Waals surface area contributed by atoms with Crippen LogP contribution in [0.4, 0.5) is 0 Å². The molecule has 0 atom stereocenters. The molecule has 2 heterocycles. The second-order valence-corrected chi connectivity index (χ2v) is 15.3. The first-order valence-corrected chi connectivity index (χ1v) is 18.5. The summed E-state index contributed by atoms with van der Waals surface area (Å²) < 4.78 is 8.64. The Bertz CT molecular complexity index is 3350. The number of furan rings is 1. The fraction of sp³-hybridized carbons (Fsp3) is 0.0588. The van der Waals surface area contributed by atoms with Crippen molar-refractivity contribution >= 4 is 76.1 Å². The van der Waals surface area contributed by atoms with Gasteiger partial charge in [-0.1, -0.05) is 123 Å². The molecule has 0 amide bonds. The zero-order chi connectivity index (χ0) is 35.0. The van der Waals surface area contributed by atoms with Crippen LogP contribution in [0.2, 0.25) is 0 Å². The molecule has 53 heavy (non-hydrogen) atoms. The van der Waals surface area contributed by atoms with Crippen LogP contribution < -0.4 is 0 Å². The molecule has 2 heteroatoms. The van der Waals surface area contributed by atoms with Gasteiger partial charge in [0.1, 0.15) is 11.2 Å². The van der Waals surface area contributed by atoms with E-state index in [4.69, 9.17) is 4.42 Å². The van der Waals surface area contributed by atoms with Gasteiger partial charge < -0.3 is 8.98 Å². The van der Waals surface area contributed by atoms with Gasteiger partial charge >= 0.3 is 0 Å². The quantitative estimate of drug-likeness (QED) is 0.167. The molecule has 0 N–H and O–H groups in total. The molecule has 9 aromatic carbocycles. The summed E-state index contributed by atoms with van der Waals surface area (Å²) in [6.07, 6.45) is 0. The summed E-state index contributed by atoms with van der Waals surface area (Å²) in [5, 5.41) is 12.6. The molecule has 0 aliphatic heterocycles. The third-order valence-electron chi connectivity index (χ3n) is 12.2. The van der Waals surface area contributed by atoms with E-state index in [-0.39, 0.29) is 5.41 Å². The number of hydrogen-bond donors (Lipinski definition) is 0. The van der Waals surface area contributed by atoms with Crippen molar-refractivity contribution < 1.29 is 4.42 Å². The largest absolute Gasteiger partial charge is 0.456 e. The van der Waals surface area contributed by atoms with Crippen molar-refractivity contribution in [1.82, 2.24) is 4.57 Å². The van der Waals surface area contributed by atoms with Crippen LogP contribution in [0.1, 0.15) is 25.0 Å². The Balaban J connectivity index is 1.14. The van der Waals surface area contributed by atoms with E-state index in [0.717, 1.165) is 27.6 Å². The molecule has 0 unspecified atom stereocenters. The van der Waals surface area contributed by atoms with Gasteiger partial charge in [0.25, 0.3) is 0 Å². The van der Waals surface area contributed by atoms with Crippen LogP contribution in [-0.4, -0.2) is 4.57 Å². The molecule has 1 aliphatic rings. The molecular weight excluding hydrogens is 643 g/mol. The molecule has 2 nitrogen and oxygen atoms in total. The van der Waals surface area contributed by atoms with Gasteiger partial charge in [-0.3, -0.25) is 0 Å². The number of para-hydroxylation sites is 1. The highest BCUT2D eigenvalue weighted by Crippen LogP contribution is 2.51. The van der Waals surface area contributed by atoms with Crippen LogP contribution in [0, 0.1) is 0 Å². The summed E-state index contributed by atoms with van der Waals surface area (Å²) in [4.78, 5) is 0. The summed E-state index contributed by atoms with van der Waals surface area (Å²) in [6.45, 7) is 4.75. The number of fused-ring (bicyclic) bond motifs is 15. The van der Waals surface area contributed by atoms with Crippen LogP contribution in [0.3, 0.4) is 0 Å². The summed E-state index contributed by atoms with van der Waals surface area (Å²) in [5.74, 6) is 0. The standard InChI is InChI=1S/C51H33NO/c1-51(2)45-17-9-7-15-37(45)41-27-43-42-26-39-35-13-5-3-11-33(35)34-12-4-6-14-36(34)40(39)28-47(42)52(48(43)29-46(41)51)32-22-19-30(20-23-32)31-21-24-50-44(25-31)38-16-8-10-18-49(38)53-50/h3-29H,1-2H3. The van der Waals surface area contributed by atoms with Crippen molar-refractivity contribution in [2.24, 2.45) is 0 Å². The molecule has 0 fully saturated rings. The van der Waals surface area contributed by atoms with E-state index < -0.39 is 0 Å². The summed E-state index contributed by atoms with van der Waals surface area (Å²) >= 11 is 0. The predicted octanol–water partition coefficient (Wildman–Crippen LogP) is 14.1. The van der Waals surface area contributed by atoms with E-state index in [1.54, 1.807) is 0 Å². The van der Waals surface area contributed by atoms with Gasteiger partial charge in [-0.15, -0.1) is 0 Å². The molecule has 248 valence electrons. The maximum Gasteiger partial charge on any atom is 0.135 e. The van der Waals surface area contributed by atoms with Crippen molar-refractivity contribution in [3.63, 3.8) is 0 Å². The maximum atomic E-state index is 6.14. The van der Waals surface area contributed by atoms with E-state index in [0.29, 0.717) is 0 Å². The Kier molecular flexibility index (Phi) is 5.60. The number of rotatable bonds is 2. The lowest BCUT2D eigenvalue weighted by molar-refractivity contribution is 0.661. The fourth-order valence-corrected chi connectivity index (χ4v) is 9.59. The van der Waals surface area contributed by atoms with Crippen molar-refractivity contribution in [2.75, 3.05) is 0 Å². The highest BCUT2D eigenvalue weighted by atomic mass is 16.3. The highest BCUT2D eigenvalue weighted by Gasteiger charge is 2.36. The minimum Gasteiger partial charge on any atom is -0.456 e. The minimum atomic E-state index is -0.0989. The summed E-state index contributed by atoms with van der Waals surface area (Å²) in [5.41, 5.74) is 13.2. The molecule has 12 rings (SSSR count). The second kappa shape index (κ2) is 10.2. The molecule has 1 aliphatic carbocycles. The van der Waals surface area contributed by atoms with Gasteiger partial charge in [0, 0.05) is 32.6 Å². The lowest BCUT2D eigenvalue weighted by Gasteiger charge is -2.21. The SMILES string of the molecule is CC1(C)c2ccccc2-c2cc3c4cc5c6ccccc6c6ccccc6c5cc4n(-c4ccc(-c5ccc6oc7ccccc7c6c5)cc4)c3cc21. The highest BCUT2D eigenvalue weighted by molar-refractivity contribution is 6.29. The van der Waals surface area contributed by atoms with E-state index >= 15 is 0 Å². The molecule has 0 spiro atoms. The normalized spacial score (nSPS) is 13.6. The predicted molar refractivity (Wildman–Crippen MR) is 224 cm³/mol. The van der Waals surface area contributed by atoms with Crippen molar-refractivity contribution in [2.45, 2.75) is 19.3 Å². The second-order valence-electron chi connectivity index (χ2n) is 15.3. The number of benzene rings is 9. The number of hydrogen-bond acceptors (Lipinski definition) is 1. The minimum absolute atomic E-state index is 0.0989. The first kappa shape index (κ1) is 29.0. The van der Waals surface area contributed by atoms with Crippen molar-refractivity contribution in [1.29, 1.82) is 0 Å². The Hall–Kier alpha value is -6.64. The third kappa shape index (κ3) is 3.87. The van der Waals surface area contributed by atoms with E-state index in [1.165, 1.54) is 87.5 Å². The lowest BCUT2D eigenvalue weighted by atomic mass is 9.82. The Morgan fingerprint density at radius 1 is 0.377 bits per heavy atom. The van der Waals surface area contributed by atoms with Gasteiger partial charge in [0.2, 0.25) is 0 Å². The van der Waals surface area contributed by atoms with Gasteiger partial charge in [-0.05, 0) is 120 Å². The third-order valence-corrected chi connectivity index (χ3v) is 12.2. The zero-order valence-corrected chi connectivity index (χ0v) is 29.4. The summed E-state index contributed by atoms with van der Waals surface area (Å²) in [7, 11) is 0. The molecule has 0 radical (unpaired) electrons. The van der Waals surface area contributed by atoms with Gasteiger partial charge in [0.05, 0.1) is 11.0 Å². The number of aromatic nitrogens is 1. The van der Waals surface area contributed by atoms with E-state index in [9.17, 15) is 0 Å². The van der Waals surface area contributed by atoms with Crippen LogP contribution in [-0.2, 0) is 5.41 Å². The van der Waals surface area contributed by atoms with Gasteiger partial charge in [0.15, 0.2) is 0 Å². The first-order valence-electron chi connectivity index (χ1n) is 18.5. The molecule has 11 aromatic rings. The molecule has 0 saturated heterocycles. The lowest BCUT2D eigenvalue weighted by Crippen LogP contribution is -2.14. The molecule has 0 bridgehead atoms. The number of nitrogens with zero attached hydrogens (tertiary/aromatic N) is 1. The Labute approximate surface area is 306 Å². The van der Waals surface area contributed by atoms with Crippen LogP contribution in [0.5, 0.6) is 0 Å². The topological polar surface area (TPSA) is 18.1 Å². The zero-order valence-electron chi connectivity index (χ0n) is 29.4. The average molecular weight is 676 g/mol.